The maximum Gasteiger partial charge on any atom is 0.231 e. The van der Waals surface area contributed by atoms with Gasteiger partial charge in [-0.3, -0.25) is 4.90 Å². The van der Waals surface area contributed by atoms with Gasteiger partial charge in [0.25, 0.3) is 0 Å². The number of piperazine rings is 1. The fourth-order valence-electron chi connectivity index (χ4n) is 3.74. The molecule has 130 valence electrons. The van der Waals surface area contributed by atoms with E-state index in [1.165, 1.54) is 31.2 Å². The van der Waals surface area contributed by atoms with Crippen molar-refractivity contribution in [3.63, 3.8) is 0 Å². The Labute approximate surface area is 148 Å². The predicted molar refractivity (Wildman–Crippen MR) is 97.4 cm³/mol. The van der Waals surface area contributed by atoms with Crippen LogP contribution in [0, 0.1) is 0 Å². The van der Waals surface area contributed by atoms with Gasteiger partial charge in [-0.15, -0.1) is 0 Å². The third-order valence-corrected chi connectivity index (χ3v) is 5.56. The Morgan fingerprint density at radius 3 is 2.62 bits per heavy atom. The number of hydrogen-bond acceptors (Lipinski definition) is 4. The van der Waals surface area contributed by atoms with Crippen molar-refractivity contribution in [3.05, 3.63) is 23.8 Å². The Balaban J connectivity index is 1.26. The number of hydrogen-bond donors (Lipinski definition) is 1. The van der Waals surface area contributed by atoms with Gasteiger partial charge in [0.2, 0.25) is 6.79 Å². The van der Waals surface area contributed by atoms with Gasteiger partial charge in [0.05, 0.1) is 0 Å². The third kappa shape index (κ3) is 3.59. The van der Waals surface area contributed by atoms with Gasteiger partial charge in [-0.1, -0.05) is 18.9 Å². The molecule has 1 N–H and O–H groups in total. The summed E-state index contributed by atoms with van der Waals surface area (Å²) in [5, 5.41) is 4.50. The number of nitrogens with zero attached hydrogens (tertiary/aromatic N) is 2. The van der Waals surface area contributed by atoms with Crippen molar-refractivity contribution in [2.24, 2.45) is 0 Å². The molecule has 2 heterocycles. The molecule has 5 nitrogen and oxygen atoms in total. The smallest absolute Gasteiger partial charge is 0.231 e. The van der Waals surface area contributed by atoms with E-state index in [0.717, 1.165) is 49.3 Å². The standard InChI is InChI=1S/C18H25N3O2S/c24-18(19-15-3-1-2-4-15)21-9-7-20(8-10-21)12-14-5-6-16-17(11-14)23-13-22-16/h5-6,11,15H,1-4,7-10,12-13H2,(H,19,24). The molecule has 1 saturated carbocycles. The van der Waals surface area contributed by atoms with Gasteiger partial charge in [-0.2, -0.15) is 0 Å². The molecule has 4 rings (SSSR count). The van der Waals surface area contributed by atoms with Gasteiger partial charge in [0, 0.05) is 38.8 Å². The van der Waals surface area contributed by atoms with E-state index in [4.69, 9.17) is 21.7 Å². The molecule has 3 aliphatic rings. The van der Waals surface area contributed by atoms with Crippen molar-refractivity contribution >= 4 is 17.3 Å². The number of rotatable bonds is 3. The second-order valence-corrected chi connectivity index (χ2v) is 7.27. The molecule has 0 aromatic heterocycles. The van der Waals surface area contributed by atoms with Crippen LogP contribution < -0.4 is 14.8 Å². The van der Waals surface area contributed by atoms with E-state index in [1.807, 2.05) is 6.07 Å². The van der Waals surface area contributed by atoms with E-state index < -0.39 is 0 Å². The Morgan fingerprint density at radius 1 is 1.08 bits per heavy atom. The van der Waals surface area contributed by atoms with Crippen LogP contribution in [0.25, 0.3) is 0 Å². The zero-order valence-corrected chi connectivity index (χ0v) is 14.8. The molecule has 1 saturated heterocycles. The lowest BCUT2D eigenvalue weighted by Gasteiger charge is -2.37. The lowest BCUT2D eigenvalue weighted by Crippen LogP contribution is -2.52. The number of nitrogens with one attached hydrogen (secondary N) is 1. The summed E-state index contributed by atoms with van der Waals surface area (Å²) < 4.78 is 10.8. The number of benzene rings is 1. The molecular formula is C18H25N3O2S. The van der Waals surface area contributed by atoms with Crippen LogP contribution in [0.5, 0.6) is 11.5 Å². The summed E-state index contributed by atoms with van der Waals surface area (Å²) in [5.74, 6) is 1.72. The first-order valence-electron chi connectivity index (χ1n) is 8.94. The molecule has 24 heavy (non-hydrogen) atoms. The van der Waals surface area contributed by atoms with Crippen LogP contribution in [0.15, 0.2) is 18.2 Å². The SMILES string of the molecule is S=C(NC1CCCC1)N1CCN(Cc2ccc3c(c2)OCO3)CC1. The van der Waals surface area contributed by atoms with E-state index in [2.05, 4.69) is 27.2 Å². The lowest BCUT2D eigenvalue weighted by molar-refractivity contribution is 0.172. The summed E-state index contributed by atoms with van der Waals surface area (Å²) in [6, 6.07) is 6.84. The van der Waals surface area contributed by atoms with Gasteiger partial charge < -0.3 is 19.7 Å². The van der Waals surface area contributed by atoms with Gasteiger partial charge >= 0.3 is 0 Å². The first-order valence-corrected chi connectivity index (χ1v) is 9.35. The van der Waals surface area contributed by atoms with Crippen LogP contribution in [0.1, 0.15) is 31.2 Å². The molecule has 1 aromatic rings. The van der Waals surface area contributed by atoms with Gasteiger partial charge in [0.15, 0.2) is 16.6 Å². The third-order valence-electron chi connectivity index (χ3n) is 5.19. The Kier molecular flexibility index (Phi) is 4.76. The summed E-state index contributed by atoms with van der Waals surface area (Å²) in [6.07, 6.45) is 5.21. The van der Waals surface area contributed by atoms with Crippen molar-refractivity contribution in [1.82, 2.24) is 15.1 Å². The minimum absolute atomic E-state index is 0.336. The maximum atomic E-state index is 5.60. The van der Waals surface area contributed by atoms with E-state index >= 15 is 0 Å². The fraction of sp³-hybridized carbons (Fsp3) is 0.611. The molecule has 1 aromatic carbocycles. The predicted octanol–water partition coefficient (Wildman–Crippen LogP) is 2.35. The number of ether oxygens (including phenoxy) is 2. The summed E-state index contributed by atoms with van der Waals surface area (Å²) >= 11 is 5.60. The number of thiocarbonyl (C=S) groups is 1. The van der Waals surface area contributed by atoms with Crippen LogP contribution in [0.4, 0.5) is 0 Å². The normalized spacial score (nSPS) is 21.2. The molecular weight excluding hydrogens is 322 g/mol. The molecule has 2 aliphatic heterocycles. The van der Waals surface area contributed by atoms with E-state index in [-0.39, 0.29) is 0 Å². The highest BCUT2D eigenvalue weighted by molar-refractivity contribution is 7.80. The number of fused-ring (bicyclic) bond motifs is 1. The maximum absolute atomic E-state index is 5.60. The zero-order chi connectivity index (χ0) is 16.4. The average Bonchev–Trinajstić information content (AvgIpc) is 3.26. The van der Waals surface area contributed by atoms with Crippen LogP contribution in [-0.2, 0) is 6.54 Å². The van der Waals surface area contributed by atoms with E-state index in [0.29, 0.717) is 12.8 Å². The van der Waals surface area contributed by atoms with Gasteiger partial charge in [-0.05, 0) is 42.8 Å². The van der Waals surface area contributed by atoms with Crippen molar-refractivity contribution < 1.29 is 9.47 Å². The topological polar surface area (TPSA) is 37.0 Å². The molecule has 0 radical (unpaired) electrons. The van der Waals surface area contributed by atoms with E-state index in [9.17, 15) is 0 Å². The van der Waals surface area contributed by atoms with Crippen LogP contribution >= 0.6 is 12.2 Å². The highest BCUT2D eigenvalue weighted by Gasteiger charge is 2.22. The van der Waals surface area contributed by atoms with Gasteiger partial charge in [-0.25, -0.2) is 0 Å². The Bertz CT molecular complexity index is 596. The van der Waals surface area contributed by atoms with Crippen LogP contribution in [0.3, 0.4) is 0 Å². The van der Waals surface area contributed by atoms with Crippen molar-refractivity contribution in [1.29, 1.82) is 0 Å². The second-order valence-electron chi connectivity index (χ2n) is 6.88. The average molecular weight is 347 g/mol. The first kappa shape index (κ1) is 16.0. The van der Waals surface area contributed by atoms with Crippen molar-refractivity contribution in [2.75, 3.05) is 33.0 Å². The minimum Gasteiger partial charge on any atom is -0.454 e. The second kappa shape index (κ2) is 7.15. The zero-order valence-electron chi connectivity index (χ0n) is 14.0. The fourth-order valence-corrected chi connectivity index (χ4v) is 4.09. The summed E-state index contributed by atoms with van der Waals surface area (Å²) in [6.45, 7) is 5.38. The molecule has 2 fully saturated rings. The van der Waals surface area contributed by atoms with Crippen molar-refractivity contribution in [3.8, 4) is 11.5 Å². The van der Waals surface area contributed by atoms with Crippen LogP contribution in [0.2, 0.25) is 0 Å². The summed E-state index contributed by atoms with van der Waals surface area (Å²) in [5.41, 5.74) is 1.28. The molecule has 1 aliphatic carbocycles. The monoisotopic (exact) mass is 347 g/mol. The molecule has 0 amide bonds. The van der Waals surface area contributed by atoms with Crippen LogP contribution in [-0.4, -0.2) is 53.9 Å². The first-order chi connectivity index (χ1) is 11.8. The largest absolute Gasteiger partial charge is 0.454 e. The highest BCUT2D eigenvalue weighted by atomic mass is 32.1. The molecule has 0 unspecified atom stereocenters. The van der Waals surface area contributed by atoms with Crippen molar-refractivity contribution in [2.45, 2.75) is 38.3 Å². The lowest BCUT2D eigenvalue weighted by atomic mass is 10.1. The quantitative estimate of drug-likeness (QED) is 0.846. The molecule has 6 heteroatoms. The molecule has 0 spiro atoms. The summed E-state index contributed by atoms with van der Waals surface area (Å²) in [7, 11) is 0. The Hall–Kier alpha value is -1.53. The highest BCUT2D eigenvalue weighted by Crippen LogP contribution is 2.32. The van der Waals surface area contributed by atoms with Gasteiger partial charge in [0.1, 0.15) is 0 Å². The summed E-state index contributed by atoms with van der Waals surface area (Å²) in [4.78, 5) is 4.80. The Morgan fingerprint density at radius 2 is 1.83 bits per heavy atom. The van der Waals surface area contributed by atoms with E-state index in [1.54, 1.807) is 0 Å². The molecule has 0 atom stereocenters. The molecule has 0 bridgehead atoms. The minimum atomic E-state index is 0.336.